The quantitative estimate of drug-likeness (QED) is 0.489. The van der Waals surface area contributed by atoms with Crippen LogP contribution in [0.5, 0.6) is 11.6 Å². The predicted octanol–water partition coefficient (Wildman–Crippen LogP) is 4.18. The van der Waals surface area contributed by atoms with E-state index in [0.717, 1.165) is 33.2 Å². The molecule has 2 N–H and O–H groups in total. The van der Waals surface area contributed by atoms with E-state index in [0.29, 0.717) is 24.3 Å². The summed E-state index contributed by atoms with van der Waals surface area (Å²) in [5.41, 5.74) is 3.30. The lowest BCUT2D eigenvalue weighted by Crippen LogP contribution is -2.30. The highest BCUT2D eigenvalue weighted by molar-refractivity contribution is 5.90. The summed E-state index contributed by atoms with van der Waals surface area (Å²) >= 11 is 0. The van der Waals surface area contributed by atoms with Gasteiger partial charge >= 0.3 is 0 Å². The average Bonchev–Trinajstić information content (AvgIpc) is 2.78. The normalized spacial score (nSPS) is 14.9. The molecule has 5 heteroatoms. The van der Waals surface area contributed by atoms with Crippen LogP contribution in [-0.4, -0.2) is 21.3 Å². The first-order valence-electron chi connectivity index (χ1n) is 9.77. The fourth-order valence-electron chi connectivity index (χ4n) is 4.15. The number of aliphatic hydroxyl groups excluding tert-OH is 1. The number of nitrogens with one attached hydrogen (secondary N) is 1. The first-order valence-corrected chi connectivity index (χ1v) is 9.77. The summed E-state index contributed by atoms with van der Waals surface area (Å²) in [5.74, 6) is 1.11. The van der Waals surface area contributed by atoms with Gasteiger partial charge in [0.15, 0.2) is 0 Å². The molecule has 1 aliphatic heterocycles. The number of nitrogens with zero attached hydrogens (tertiary/aromatic N) is 2. The maximum absolute atomic E-state index is 9.22. The van der Waals surface area contributed by atoms with Crippen LogP contribution >= 0.6 is 0 Å². The van der Waals surface area contributed by atoms with Gasteiger partial charge in [0.1, 0.15) is 17.6 Å². The van der Waals surface area contributed by atoms with E-state index in [1.54, 1.807) is 10.9 Å². The second-order valence-electron chi connectivity index (χ2n) is 7.23. The Morgan fingerprint density at radius 3 is 2.59 bits per heavy atom. The van der Waals surface area contributed by atoms with Gasteiger partial charge in [-0.2, -0.15) is 0 Å². The number of benzene rings is 3. The lowest BCUT2D eigenvalue weighted by molar-refractivity contribution is 0.278. The topological polar surface area (TPSA) is 71.1 Å². The van der Waals surface area contributed by atoms with Gasteiger partial charge in [0.25, 0.3) is 0 Å². The monoisotopic (exact) mass is 383 g/mol. The number of hydrogen-bond acceptors (Lipinski definition) is 4. The largest absolute Gasteiger partial charge is 0.438 e. The van der Waals surface area contributed by atoms with E-state index in [1.165, 1.54) is 0 Å². The molecule has 1 atom stereocenters. The fourth-order valence-corrected chi connectivity index (χ4v) is 4.15. The molecule has 5 nitrogen and oxygen atoms in total. The molecule has 0 spiro atoms. The second kappa shape index (κ2) is 7.18. The first-order chi connectivity index (χ1) is 14.3. The van der Waals surface area contributed by atoms with Crippen molar-refractivity contribution in [3.8, 4) is 11.6 Å². The van der Waals surface area contributed by atoms with Gasteiger partial charge in [-0.1, -0.05) is 60.7 Å². The molecule has 1 aromatic heterocycles. The molecule has 1 aliphatic rings. The summed E-state index contributed by atoms with van der Waals surface area (Å²) in [6, 6.07) is 22.6. The van der Waals surface area contributed by atoms with E-state index >= 15 is 0 Å². The van der Waals surface area contributed by atoms with Crippen LogP contribution in [0.2, 0.25) is 0 Å². The smallest absolute Gasteiger partial charge is 0.228 e. The zero-order valence-corrected chi connectivity index (χ0v) is 15.9. The van der Waals surface area contributed by atoms with Crippen LogP contribution in [0, 0.1) is 5.41 Å². The van der Waals surface area contributed by atoms with Crippen LogP contribution in [0.3, 0.4) is 0 Å². The summed E-state index contributed by atoms with van der Waals surface area (Å²) in [7, 11) is 0. The Balaban J connectivity index is 1.81. The number of aromatic nitrogens is 2. The van der Waals surface area contributed by atoms with Crippen molar-refractivity contribution < 1.29 is 9.84 Å². The van der Waals surface area contributed by atoms with Crippen molar-refractivity contribution in [1.82, 2.24) is 9.55 Å². The molecule has 5 rings (SSSR count). The van der Waals surface area contributed by atoms with E-state index < -0.39 is 0 Å². The average molecular weight is 383 g/mol. The number of hydrogen-bond donors (Lipinski definition) is 2. The molecule has 0 saturated heterocycles. The van der Waals surface area contributed by atoms with E-state index in [1.807, 2.05) is 36.4 Å². The van der Waals surface area contributed by atoms with Crippen LogP contribution in [0.25, 0.3) is 10.8 Å². The minimum Gasteiger partial charge on any atom is -0.438 e. The molecular formula is C24H21N3O2. The van der Waals surface area contributed by atoms with Crippen LogP contribution < -0.4 is 10.2 Å². The maximum Gasteiger partial charge on any atom is 0.228 e. The SMILES string of the molecule is N=c1c2c(ncn1CCCO)Oc1ccc3ccccc3c1[C@@H]2c1ccccc1. The Bertz CT molecular complexity index is 1250. The Hall–Kier alpha value is -3.44. The van der Waals surface area contributed by atoms with Crippen LogP contribution in [0.1, 0.15) is 29.0 Å². The van der Waals surface area contributed by atoms with Gasteiger partial charge in [-0.3, -0.25) is 5.41 Å². The van der Waals surface area contributed by atoms with Crippen molar-refractivity contribution in [2.45, 2.75) is 18.9 Å². The van der Waals surface area contributed by atoms with Crippen LogP contribution in [0.15, 0.2) is 73.1 Å². The minimum atomic E-state index is -0.150. The molecule has 4 aromatic rings. The lowest BCUT2D eigenvalue weighted by Gasteiger charge is -2.29. The van der Waals surface area contributed by atoms with Gasteiger partial charge in [0, 0.05) is 24.6 Å². The van der Waals surface area contributed by atoms with Crippen molar-refractivity contribution in [1.29, 1.82) is 5.41 Å². The fraction of sp³-hybridized carbons (Fsp3) is 0.167. The Labute approximate surface area is 168 Å². The zero-order chi connectivity index (χ0) is 19.8. The molecule has 0 aliphatic carbocycles. The molecule has 0 saturated carbocycles. The molecule has 3 aromatic carbocycles. The molecule has 144 valence electrons. The third-order valence-corrected chi connectivity index (χ3v) is 5.49. The predicted molar refractivity (Wildman–Crippen MR) is 111 cm³/mol. The highest BCUT2D eigenvalue weighted by Gasteiger charge is 2.33. The maximum atomic E-state index is 9.22. The van der Waals surface area contributed by atoms with Gasteiger partial charge in [-0.15, -0.1) is 0 Å². The second-order valence-corrected chi connectivity index (χ2v) is 7.23. The number of aliphatic hydroxyl groups is 1. The molecule has 0 amide bonds. The van der Waals surface area contributed by atoms with E-state index in [2.05, 4.69) is 35.3 Å². The molecule has 0 unspecified atom stereocenters. The highest BCUT2D eigenvalue weighted by atomic mass is 16.5. The molecule has 29 heavy (non-hydrogen) atoms. The van der Waals surface area contributed by atoms with E-state index in [4.69, 9.17) is 10.1 Å². The molecule has 0 bridgehead atoms. The van der Waals surface area contributed by atoms with Crippen molar-refractivity contribution in [3.05, 3.63) is 95.2 Å². The first kappa shape index (κ1) is 17.6. The zero-order valence-electron chi connectivity index (χ0n) is 15.9. The summed E-state index contributed by atoms with van der Waals surface area (Å²) in [6.45, 7) is 0.620. The third kappa shape index (κ3) is 2.91. The van der Waals surface area contributed by atoms with Gasteiger partial charge in [-0.05, 0) is 28.8 Å². The Morgan fingerprint density at radius 1 is 0.966 bits per heavy atom. The van der Waals surface area contributed by atoms with Crippen molar-refractivity contribution in [2.24, 2.45) is 0 Å². The molecular weight excluding hydrogens is 362 g/mol. The van der Waals surface area contributed by atoms with Gasteiger partial charge in [-0.25, -0.2) is 4.98 Å². The number of aryl methyl sites for hydroxylation is 1. The number of fused-ring (bicyclic) bond motifs is 4. The number of rotatable bonds is 4. The lowest BCUT2D eigenvalue weighted by atomic mass is 9.81. The van der Waals surface area contributed by atoms with E-state index in [-0.39, 0.29) is 12.5 Å². The van der Waals surface area contributed by atoms with Crippen molar-refractivity contribution in [2.75, 3.05) is 6.61 Å². The summed E-state index contributed by atoms with van der Waals surface area (Å²) < 4.78 is 7.97. The Kier molecular flexibility index (Phi) is 4.37. The van der Waals surface area contributed by atoms with Crippen molar-refractivity contribution in [3.63, 3.8) is 0 Å². The van der Waals surface area contributed by atoms with Gasteiger partial charge < -0.3 is 14.4 Å². The molecule has 0 fully saturated rings. The van der Waals surface area contributed by atoms with Gasteiger partial charge in [0.2, 0.25) is 5.88 Å². The standard InChI is InChI=1S/C24H21N3O2/c25-23-22-20(17-8-2-1-3-9-17)21-18-10-5-4-7-16(18)11-12-19(21)29-24(22)26-15-27(23)13-6-14-28/h1-5,7-12,15,20,25,28H,6,13-14H2/t20-/m0/s1. The van der Waals surface area contributed by atoms with Crippen LogP contribution in [-0.2, 0) is 6.54 Å². The third-order valence-electron chi connectivity index (χ3n) is 5.49. The molecule has 2 heterocycles. The highest BCUT2D eigenvalue weighted by Crippen LogP contribution is 2.47. The minimum absolute atomic E-state index is 0.0790. The summed E-state index contributed by atoms with van der Waals surface area (Å²) in [5, 5.41) is 20.4. The Morgan fingerprint density at radius 2 is 1.76 bits per heavy atom. The number of ether oxygens (including phenoxy) is 1. The summed E-state index contributed by atoms with van der Waals surface area (Å²) in [4.78, 5) is 4.53. The van der Waals surface area contributed by atoms with E-state index in [9.17, 15) is 5.11 Å². The van der Waals surface area contributed by atoms with Crippen molar-refractivity contribution >= 4 is 10.8 Å². The van der Waals surface area contributed by atoms with Crippen LogP contribution in [0.4, 0.5) is 0 Å². The summed E-state index contributed by atoms with van der Waals surface area (Å²) in [6.07, 6.45) is 2.21. The molecule has 0 radical (unpaired) electrons. The van der Waals surface area contributed by atoms with Gasteiger partial charge in [0.05, 0.1) is 5.56 Å².